The fourth-order valence-electron chi connectivity index (χ4n) is 0.885. The Morgan fingerprint density at radius 2 is 2.07 bits per heavy atom. The maximum Gasteiger partial charge on any atom is 0.451 e. The molecule has 0 atom stereocenters. The van der Waals surface area contributed by atoms with Crippen molar-refractivity contribution in [2.24, 2.45) is 0 Å². The molecule has 0 aliphatic rings. The average Bonchev–Trinajstić information content (AvgIpc) is 2.50. The highest BCUT2D eigenvalue weighted by Gasteiger charge is 2.35. The lowest BCUT2D eigenvalue weighted by molar-refractivity contribution is -0.145. The van der Waals surface area contributed by atoms with Crippen molar-refractivity contribution < 1.29 is 13.2 Å². The molecular weight excluding hydrogens is 219 g/mol. The van der Waals surface area contributed by atoms with Crippen LogP contribution in [0, 0.1) is 0 Å². The third-order valence-electron chi connectivity index (χ3n) is 1.45. The van der Waals surface area contributed by atoms with Gasteiger partial charge in [0.05, 0.1) is 0 Å². The summed E-state index contributed by atoms with van der Waals surface area (Å²) < 4.78 is 37.4. The number of hydrogen-bond donors (Lipinski definition) is 0. The van der Waals surface area contributed by atoms with Crippen LogP contribution in [0.1, 0.15) is 5.82 Å². The summed E-state index contributed by atoms with van der Waals surface area (Å²) in [6.45, 7) is 0. The van der Waals surface area contributed by atoms with Crippen LogP contribution in [-0.2, 0) is 6.18 Å². The van der Waals surface area contributed by atoms with E-state index in [1.54, 1.807) is 0 Å². The van der Waals surface area contributed by atoms with Crippen molar-refractivity contribution in [1.29, 1.82) is 0 Å². The van der Waals surface area contributed by atoms with Gasteiger partial charge in [-0.25, -0.2) is 9.20 Å². The standard InChI is InChI=1S/C6H2F3N3OS/c7-6(8,9)3-10-4(13)12-1-2-14-5(12)11-3/h1-2H. The number of fused-ring (bicyclic) bond motifs is 1. The lowest BCUT2D eigenvalue weighted by Gasteiger charge is -2.02. The summed E-state index contributed by atoms with van der Waals surface area (Å²) in [7, 11) is 0. The minimum absolute atomic E-state index is 0.0164. The quantitative estimate of drug-likeness (QED) is 0.670. The zero-order valence-electron chi connectivity index (χ0n) is 6.45. The summed E-state index contributed by atoms with van der Waals surface area (Å²) in [6.07, 6.45) is -3.36. The predicted molar refractivity (Wildman–Crippen MR) is 42.1 cm³/mol. The van der Waals surface area contributed by atoms with Crippen LogP contribution in [-0.4, -0.2) is 14.4 Å². The summed E-state index contributed by atoms with van der Waals surface area (Å²) >= 11 is 0.944. The molecule has 0 bridgehead atoms. The van der Waals surface area contributed by atoms with E-state index in [9.17, 15) is 18.0 Å². The van der Waals surface area contributed by atoms with E-state index in [1.807, 2.05) is 0 Å². The average molecular weight is 221 g/mol. The number of halogens is 3. The maximum atomic E-state index is 12.1. The van der Waals surface area contributed by atoms with Crippen LogP contribution in [0.3, 0.4) is 0 Å². The summed E-state index contributed by atoms with van der Waals surface area (Å²) in [5.74, 6) is -1.40. The number of alkyl halides is 3. The van der Waals surface area contributed by atoms with Gasteiger partial charge in [0, 0.05) is 11.6 Å². The van der Waals surface area contributed by atoms with Crippen LogP contribution < -0.4 is 5.69 Å². The van der Waals surface area contributed by atoms with Gasteiger partial charge in [-0.1, -0.05) is 0 Å². The van der Waals surface area contributed by atoms with Gasteiger partial charge in [0.2, 0.25) is 5.82 Å². The van der Waals surface area contributed by atoms with E-state index >= 15 is 0 Å². The molecule has 0 unspecified atom stereocenters. The Kier molecular flexibility index (Phi) is 1.81. The molecule has 4 nitrogen and oxygen atoms in total. The first-order valence-corrected chi connectivity index (χ1v) is 4.27. The van der Waals surface area contributed by atoms with Gasteiger partial charge < -0.3 is 0 Å². The van der Waals surface area contributed by atoms with E-state index in [0.29, 0.717) is 0 Å². The largest absolute Gasteiger partial charge is 0.451 e. The normalized spacial score (nSPS) is 12.2. The van der Waals surface area contributed by atoms with Gasteiger partial charge in [-0.3, -0.25) is 0 Å². The molecule has 2 aromatic heterocycles. The lowest BCUT2D eigenvalue weighted by atomic mass is 10.6. The Hall–Kier alpha value is -1.44. The molecule has 0 spiro atoms. The first-order valence-electron chi connectivity index (χ1n) is 3.39. The number of nitrogens with zero attached hydrogens (tertiary/aromatic N) is 3. The second-order valence-corrected chi connectivity index (χ2v) is 3.26. The van der Waals surface area contributed by atoms with Gasteiger partial charge in [0.25, 0.3) is 0 Å². The second kappa shape index (κ2) is 2.77. The van der Waals surface area contributed by atoms with E-state index in [0.717, 1.165) is 15.7 Å². The molecule has 2 rings (SSSR count). The fraction of sp³-hybridized carbons (Fsp3) is 0.167. The van der Waals surface area contributed by atoms with Gasteiger partial charge in [-0.05, 0) is 0 Å². The highest BCUT2D eigenvalue weighted by molar-refractivity contribution is 7.15. The number of hydrogen-bond acceptors (Lipinski definition) is 4. The van der Waals surface area contributed by atoms with Gasteiger partial charge in [0.15, 0.2) is 4.96 Å². The Morgan fingerprint density at radius 1 is 1.36 bits per heavy atom. The van der Waals surface area contributed by atoms with Crippen molar-refractivity contribution >= 4 is 16.3 Å². The topological polar surface area (TPSA) is 47.3 Å². The molecule has 74 valence electrons. The van der Waals surface area contributed by atoms with Crippen LogP contribution in [0.25, 0.3) is 4.96 Å². The number of rotatable bonds is 0. The van der Waals surface area contributed by atoms with Crippen molar-refractivity contribution in [3.63, 3.8) is 0 Å². The minimum atomic E-state index is -4.68. The zero-order valence-corrected chi connectivity index (χ0v) is 7.26. The molecule has 0 fully saturated rings. The van der Waals surface area contributed by atoms with Gasteiger partial charge in [0.1, 0.15) is 0 Å². The summed E-state index contributed by atoms with van der Waals surface area (Å²) in [5.41, 5.74) is -0.969. The van der Waals surface area contributed by atoms with E-state index in [-0.39, 0.29) is 4.96 Å². The molecule has 0 aliphatic carbocycles. The molecule has 0 radical (unpaired) electrons. The van der Waals surface area contributed by atoms with Crippen molar-refractivity contribution in [2.45, 2.75) is 6.18 Å². The zero-order chi connectivity index (χ0) is 10.3. The molecular formula is C6H2F3N3OS. The summed E-state index contributed by atoms with van der Waals surface area (Å²) in [4.78, 5) is 17.0. The van der Waals surface area contributed by atoms with E-state index < -0.39 is 17.7 Å². The first kappa shape index (κ1) is 9.13. The Labute approximate surface area is 78.7 Å². The molecule has 0 amide bonds. The minimum Gasteiger partial charge on any atom is -0.245 e. The third-order valence-corrected chi connectivity index (χ3v) is 2.21. The fourth-order valence-corrected chi connectivity index (χ4v) is 1.58. The van der Waals surface area contributed by atoms with Crippen molar-refractivity contribution in [1.82, 2.24) is 14.4 Å². The van der Waals surface area contributed by atoms with E-state index in [2.05, 4.69) is 9.97 Å². The molecule has 8 heteroatoms. The van der Waals surface area contributed by atoms with Crippen LogP contribution in [0.2, 0.25) is 0 Å². The molecule has 0 saturated carbocycles. The lowest BCUT2D eigenvalue weighted by Crippen LogP contribution is -2.23. The molecule has 0 N–H and O–H groups in total. The van der Waals surface area contributed by atoms with Gasteiger partial charge in [-0.15, -0.1) is 11.3 Å². The summed E-state index contributed by atoms with van der Waals surface area (Å²) in [5, 5.41) is 1.46. The van der Waals surface area contributed by atoms with E-state index in [1.165, 1.54) is 11.6 Å². The van der Waals surface area contributed by atoms with Crippen LogP contribution >= 0.6 is 11.3 Å². The van der Waals surface area contributed by atoms with Gasteiger partial charge >= 0.3 is 11.9 Å². The van der Waals surface area contributed by atoms with Crippen LogP contribution in [0.5, 0.6) is 0 Å². The number of aromatic nitrogens is 3. The molecule has 2 aromatic rings. The Balaban J connectivity index is 2.77. The monoisotopic (exact) mass is 221 g/mol. The van der Waals surface area contributed by atoms with Crippen molar-refractivity contribution in [3.8, 4) is 0 Å². The molecule has 0 aliphatic heterocycles. The number of thiazole rings is 1. The first-order chi connectivity index (χ1) is 6.48. The smallest absolute Gasteiger partial charge is 0.245 e. The van der Waals surface area contributed by atoms with E-state index in [4.69, 9.17) is 0 Å². The summed E-state index contributed by atoms with van der Waals surface area (Å²) in [6, 6.07) is 0. The van der Waals surface area contributed by atoms with Crippen molar-refractivity contribution in [3.05, 3.63) is 27.9 Å². The highest BCUT2D eigenvalue weighted by Crippen LogP contribution is 2.25. The highest BCUT2D eigenvalue weighted by atomic mass is 32.1. The second-order valence-electron chi connectivity index (χ2n) is 2.38. The maximum absolute atomic E-state index is 12.1. The molecule has 0 aromatic carbocycles. The Morgan fingerprint density at radius 3 is 2.71 bits per heavy atom. The SMILES string of the molecule is O=c1nc(C(F)(F)F)nc2sccn12. The molecule has 0 saturated heterocycles. The van der Waals surface area contributed by atoms with Crippen molar-refractivity contribution in [2.75, 3.05) is 0 Å². The molecule has 14 heavy (non-hydrogen) atoms. The van der Waals surface area contributed by atoms with Crippen LogP contribution in [0.4, 0.5) is 13.2 Å². The predicted octanol–water partition coefficient (Wildman–Crippen LogP) is 1.17. The third kappa shape index (κ3) is 1.37. The Bertz CT molecular complexity index is 529. The van der Waals surface area contributed by atoms with Crippen LogP contribution in [0.15, 0.2) is 16.4 Å². The van der Waals surface area contributed by atoms with Gasteiger partial charge in [-0.2, -0.15) is 23.1 Å². The molecule has 2 heterocycles.